The van der Waals surface area contributed by atoms with Gasteiger partial charge in [-0.15, -0.1) is 5.10 Å². The largest absolute Gasteiger partial charge is 0.320 e. The highest BCUT2D eigenvalue weighted by atomic mass is 15.4. The van der Waals surface area contributed by atoms with Gasteiger partial charge in [-0.2, -0.15) is 0 Å². The molecular weight excluding hydrogens is 212 g/mol. The summed E-state index contributed by atoms with van der Waals surface area (Å²) in [5, 5.41) is 11.3. The highest BCUT2D eigenvalue weighted by molar-refractivity contribution is 4.90. The third-order valence-electron chi connectivity index (χ3n) is 2.51. The zero-order chi connectivity index (χ0) is 12.9. The zero-order valence-electron chi connectivity index (χ0n) is 11.9. The van der Waals surface area contributed by atoms with Crippen molar-refractivity contribution in [3.63, 3.8) is 0 Å². The van der Waals surface area contributed by atoms with E-state index in [2.05, 4.69) is 22.6 Å². The fourth-order valence-electron chi connectivity index (χ4n) is 1.54. The number of hydrogen-bond donors (Lipinski definition) is 1. The van der Waals surface area contributed by atoms with Gasteiger partial charge in [0.15, 0.2) is 0 Å². The monoisotopic (exact) mass is 240 g/mol. The van der Waals surface area contributed by atoms with Crippen LogP contribution in [0.2, 0.25) is 0 Å². The van der Waals surface area contributed by atoms with Crippen molar-refractivity contribution in [3.05, 3.63) is 11.9 Å². The van der Waals surface area contributed by atoms with Gasteiger partial charge >= 0.3 is 0 Å². The molecule has 0 atom stereocenters. The van der Waals surface area contributed by atoms with Crippen LogP contribution >= 0.6 is 0 Å². The van der Waals surface area contributed by atoms with Crippen molar-refractivity contribution >= 4 is 0 Å². The summed E-state index contributed by atoms with van der Waals surface area (Å²) in [6, 6.07) is 0. The van der Waals surface area contributed by atoms with E-state index in [0.717, 1.165) is 25.2 Å². The van der Waals surface area contributed by atoms with Crippen molar-refractivity contribution in [2.45, 2.75) is 59.4 Å². The lowest BCUT2D eigenvalue weighted by atomic mass is 10.2. The van der Waals surface area contributed by atoms with Crippen LogP contribution in [-0.2, 0) is 13.0 Å². The Balaban J connectivity index is 0.00000121. The molecule has 0 aromatic carbocycles. The summed E-state index contributed by atoms with van der Waals surface area (Å²) in [5.41, 5.74) is 1.09. The fraction of sp³-hybridized carbons (Fsp3) is 0.846. The van der Waals surface area contributed by atoms with E-state index in [1.54, 1.807) is 0 Å². The molecule has 4 heteroatoms. The third kappa shape index (κ3) is 7.91. The van der Waals surface area contributed by atoms with Gasteiger partial charge in [0, 0.05) is 12.7 Å². The maximum atomic E-state index is 4.08. The second-order valence-electron chi connectivity index (χ2n) is 3.84. The van der Waals surface area contributed by atoms with Gasteiger partial charge in [-0.25, -0.2) is 0 Å². The minimum Gasteiger partial charge on any atom is -0.320 e. The lowest BCUT2D eigenvalue weighted by Crippen LogP contribution is -2.07. The first-order valence-corrected chi connectivity index (χ1v) is 6.90. The minimum absolute atomic E-state index is 0.974. The van der Waals surface area contributed by atoms with Gasteiger partial charge in [-0.05, 0) is 32.9 Å². The van der Waals surface area contributed by atoms with Crippen LogP contribution in [0.25, 0.3) is 0 Å². The molecule has 1 rings (SSSR count). The van der Waals surface area contributed by atoms with E-state index in [4.69, 9.17) is 0 Å². The van der Waals surface area contributed by atoms with Gasteiger partial charge in [0.2, 0.25) is 0 Å². The number of aryl methyl sites for hydroxylation is 2. The Hall–Kier alpha value is -0.900. The van der Waals surface area contributed by atoms with Gasteiger partial charge in [-0.1, -0.05) is 38.8 Å². The predicted octanol–water partition coefficient (Wildman–Crippen LogP) is 2.65. The van der Waals surface area contributed by atoms with Crippen LogP contribution in [0.4, 0.5) is 0 Å². The Morgan fingerprint density at radius 3 is 2.47 bits per heavy atom. The Morgan fingerprint density at radius 1 is 1.18 bits per heavy atom. The first-order valence-electron chi connectivity index (χ1n) is 6.90. The molecule has 0 saturated carbocycles. The summed E-state index contributed by atoms with van der Waals surface area (Å²) in [6.45, 7) is 8.24. The van der Waals surface area contributed by atoms with Crippen LogP contribution in [0.5, 0.6) is 0 Å². The van der Waals surface area contributed by atoms with E-state index in [1.165, 1.54) is 25.7 Å². The summed E-state index contributed by atoms with van der Waals surface area (Å²) in [5.74, 6) is 0. The quantitative estimate of drug-likeness (QED) is 0.710. The second-order valence-corrected chi connectivity index (χ2v) is 3.84. The van der Waals surface area contributed by atoms with Gasteiger partial charge in [0.25, 0.3) is 0 Å². The van der Waals surface area contributed by atoms with Crippen molar-refractivity contribution in [2.75, 3.05) is 13.6 Å². The van der Waals surface area contributed by atoms with Crippen LogP contribution in [0.3, 0.4) is 0 Å². The molecule has 0 spiro atoms. The Labute approximate surface area is 106 Å². The van der Waals surface area contributed by atoms with Crippen molar-refractivity contribution < 1.29 is 0 Å². The Bertz CT molecular complexity index is 258. The van der Waals surface area contributed by atoms with Gasteiger partial charge in [0.05, 0.1) is 5.69 Å². The summed E-state index contributed by atoms with van der Waals surface area (Å²) in [6.07, 6.45) is 8.08. The predicted molar refractivity (Wildman–Crippen MR) is 73.1 cm³/mol. The molecule has 4 nitrogen and oxygen atoms in total. The molecule has 1 aromatic heterocycles. The normalized spacial score (nSPS) is 9.88. The molecule has 100 valence electrons. The molecule has 1 aromatic rings. The molecule has 0 aliphatic heterocycles. The standard InChI is InChI=1S/C11H22N4.C2H6/c1-3-11-10-15(14-13-11)9-7-5-4-6-8-12-2;1-2/h10,12H,3-9H2,1-2H3;1-2H3. The number of nitrogens with one attached hydrogen (secondary N) is 1. The van der Waals surface area contributed by atoms with Crippen molar-refractivity contribution in [1.29, 1.82) is 0 Å². The number of nitrogens with zero attached hydrogens (tertiary/aromatic N) is 3. The zero-order valence-corrected chi connectivity index (χ0v) is 11.9. The molecule has 0 bridgehead atoms. The summed E-state index contributed by atoms with van der Waals surface area (Å²) in [7, 11) is 2.00. The van der Waals surface area contributed by atoms with Crippen LogP contribution in [-0.4, -0.2) is 28.6 Å². The molecule has 0 unspecified atom stereocenters. The highest BCUT2D eigenvalue weighted by Gasteiger charge is 1.97. The van der Waals surface area contributed by atoms with Crippen molar-refractivity contribution in [2.24, 2.45) is 0 Å². The molecule has 0 saturated heterocycles. The lowest BCUT2D eigenvalue weighted by Gasteiger charge is -2.01. The average molecular weight is 240 g/mol. The molecule has 0 aliphatic rings. The molecule has 1 N–H and O–H groups in total. The SMILES string of the molecule is CC.CCc1cn(CCCCCCNC)nn1. The van der Waals surface area contributed by atoms with Crippen LogP contribution in [0.1, 0.15) is 52.1 Å². The lowest BCUT2D eigenvalue weighted by molar-refractivity contribution is 0.519. The molecular formula is C13H28N4. The Kier molecular flexibility index (Phi) is 11.0. The van der Waals surface area contributed by atoms with Gasteiger partial charge < -0.3 is 5.32 Å². The first kappa shape index (κ1) is 16.1. The summed E-state index contributed by atoms with van der Waals surface area (Å²) in [4.78, 5) is 0. The molecule has 1 heterocycles. The van der Waals surface area contributed by atoms with E-state index in [-0.39, 0.29) is 0 Å². The van der Waals surface area contributed by atoms with Crippen LogP contribution in [0, 0.1) is 0 Å². The molecule has 17 heavy (non-hydrogen) atoms. The van der Waals surface area contributed by atoms with Crippen LogP contribution < -0.4 is 5.32 Å². The number of unbranched alkanes of at least 4 members (excludes halogenated alkanes) is 3. The first-order chi connectivity index (χ1) is 8.36. The van der Waals surface area contributed by atoms with E-state index in [1.807, 2.05) is 31.8 Å². The van der Waals surface area contributed by atoms with E-state index in [0.29, 0.717) is 0 Å². The fourth-order valence-corrected chi connectivity index (χ4v) is 1.54. The average Bonchev–Trinajstić information content (AvgIpc) is 2.84. The summed E-state index contributed by atoms with van der Waals surface area (Å²) >= 11 is 0. The number of aromatic nitrogens is 3. The maximum absolute atomic E-state index is 4.08. The maximum Gasteiger partial charge on any atom is 0.0824 e. The molecule has 0 amide bonds. The highest BCUT2D eigenvalue weighted by Crippen LogP contribution is 2.02. The van der Waals surface area contributed by atoms with Gasteiger partial charge in [-0.3, -0.25) is 4.68 Å². The van der Waals surface area contributed by atoms with E-state index in [9.17, 15) is 0 Å². The second kappa shape index (κ2) is 11.6. The van der Waals surface area contributed by atoms with Gasteiger partial charge in [0.1, 0.15) is 0 Å². The van der Waals surface area contributed by atoms with Crippen molar-refractivity contribution in [1.82, 2.24) is 20.3 Å². The van der Waals surface area contributed by atoms with Crippen LogP contribution in [0.15, 0.2) is 6.20 Å². The molecule has 0 fully saturated rings. The topological polar surface area (TPSA) is 42.7 Å². The third-order valence-corrected chi connectivity index (χ3v) is 2.51. The number of rotatable bonds is 8. The number of hydrogen-bond acceptors (Lipinski definition) is 3. The van der Waals surface area contributed by atoms with E-state index >= 15 is 0 Å². The smallest absolute Gasteiger partial charge is 0.0824 e. The molecule has 0 radical (unpaired) electrons. The Morgan fingerprint density at radius 2 is 1.88 bits per heavy atom. The molecule has 0 aliphatic carbocycles. The minimum atomic E-state index is 0.974. The van der Waals surface area contributed by atoms with E-state index < -0.39 is 0 Å². The summed E-state index contributed by atoms with van der Waals surface area (Å²) < 4.78 is 1.96. The van der Waals surface area contributed by atoms with Crippen molar-refractivity contribution in [3.8, 4) is 0 Å².